The van der Waals surface area contributed by atoms with Gasteiger partial charge < -0.3 is 41.8 Å². The van der Waals surface area contributed by atoms with Gasteiger partial charge >= 0.3 is 13.1 Å². The minimum atomic E-state index is -1.59. The van der Waals surface area contributed by atoms with Crippen LogP contribution in [0.1, 0.15) is 29.8 Å². The molecule has 2 unspecified atom stereocenters. The molecule has 1 amide bonds. The van der Waals surface area contributed by atoms with Crippen LogP contribution in [-0.2, 0) is 11.2 Å². The predicted molar refractivity (Wildman–Crippen MR) is 114 cm³/mol. The lowest BCUT2D eigenvalue weighted by Gasteiger charge is -2.42. The van der Waals surface area contributed by atoms with E-state index in [9.17, 15) is 29.9 Å². The number of benzene rings is 1. The van der Waals surface area contributed by atoms with Gasteiger partial charge in [-0.15, -0.1) is 0 Å². The first-order valence-electron chi connectivity index (χ1n) is 10.1. The normalized spacial score (nSPS) is 17.4. The number of carbonyl (C=O) groups is 2. The quantitative estimate of drug-likeness (QED) is 0.197. The van der Waals surface area contributed by atoms with E-state index in [1.807, 2.05) is 4.90 Å². The first-order chi connectivity index (χ1) is 14.5. The fourth-order valence-electron chi connectivity index (χ4n) is 3.37. The van der Waals surface area contributed by atoms with Crippen LogP contribution in [0.15, 0.2) is 12.1 Å². The number of amides is 1. The molecule has 172 valence electrons. The molecule has 31 heavy (non-hydrogen) atoms. The highest BCUT2D eigenvalue weighted by Crippen LogP contribution is 2.35. The Labute approximate surface area is 181 Å². The molecule has 2 atom stereocenters. The summed E-state index contributed by atoms with van der Waals surface area (Å²) in [6.07, 6.45) is -0.243. The molecule has 0 aliphatic carbocycles. The summed E-state index contributed by atoms with van der Waals surface area (Å²) < 4.78 is 5.76. The lowest BCUT2D eigenvalue weighted by Crippen LogP contribution is -2.64. The molecule has 0 aromatic heterocycles. The first kappa shape index (κ1) is 24.9. The van der Waals surface area contributed by atoms with Crippen molar-refractivity contribution < 1.29 is 34.6 Å². The van der Waals surface area contributed by atoms with Crippen LogP contribution >= 0.6 is 0 Å². The molecular weight excluding hydrogens is 407 g/mol. The van der Waals surface area contributed by atoms with Crippen molar-refractivity contribution in [3.8, 4) is 11.5 Å². The van der Waals surface area contributed by atoms with E-state index in [0.717, 1.165) is 0 Å². The van der Waals surface area contributed by atoms with E-state index in [4.69, 9.17) is 16.2 Å². The summed E-state index contributed by atoms with van der Waals surface area (Å²) in [5, 5.41) is 41.1. The van der Waals surface area contributed by atoms with E-state index in [0.29, 0.717) is 32.7 Å². The number of nitrogens with zero attached hydrogens (tertiary/aromatic N) is 1. The van der Waals surface area contributed by atoms with Crippen molar-refractivity contribution >= 4 is 19.0 Å². The number of rotatable bonds is 11. The number of carbonyl (C=O) groups excluding carboxylic acids is 1. The Bertz CT molecular complexity index is 800. The van der Waals surface area contributed by atoms with Crippen molar-refractivity contribution in [3.63, 3.8) is 0 Å². The first-order valence-corrected chi connectivity index (χ1v) is 10.1. The number of likely N-dealkylation sites (tertiary alicyclic amines) is 1. The molecule has 1 aromatic carbocycles. The summed E-state index contributed by atoms with van der Waals surface area (Å²) in [5.74, 6) is -2.69. The second-order valence-corrected chi connectivity index (χ2v) is 8.24. The fourth-order valence-corrected chi connectivity index (χ4v) is 3.37. The van der Waals surface area contributed by atoms with Crippen LogP contribution < -0.4 is 21.5 Å². The number of nitrogens with two attached hydrogens (primary N) is 2. The molecular formula is C19H31BN4O7. The monoisotopic (exact) mass is 438 g/mol. The molecule has 12 heteroatoms. The lowest BCUT2D eigenvalue weighted by atomic mass is 9.71. The lowest BCUT2D eigenvalue weighted by molar-refractivity contribution is -0.127. The van der Waals surface area contributed by atoms with Crippen LogP contribution in [0.4, 0.5) is 0 Å². The number of ether oxygens (including phenoxy) is 1. The predicted octanol–water partition coefficient (Wildman–Crippen LogP) is -1.65. The number of nitrogens with one attached hydrogen (secondary N) is 1. The smallest absolute Gasteiger partial charge is 0.454 e. The largest absolute Gasteiger partial charge is 0.507 e. The highest BCUT2D eigenvalue weighted by Gasteiger charge is 2.37. The maximum atomic E-state index is 12.1. The Morgan fingerprint density at radius 1 is 1.39 bits per heavy atom. The minimum absolute atomic E-state index is 0.0202. The number of aromatic carboxylic acids is 1. The van der Waals surface area contributed by atoms with Crippen LogP contribution in [-0.4, -0.2) is 88.5 Å². The molecule has 11 nitrogen and oxygen atoms in total. The van der Waals surface area contributed by atoms with E-state index < -0.39 is 30.2 Å². The highest BCUT2D eigenvalue weighted by molar-refractivity contribution is 6.43. The number of aromatic hydroxyl groups is 1. The summed E-state index contributed by atoms with van der Waals surface area (Å²) in [6, 6.07) is 2.95. The van der Waals surface area contributed by atoms with Crippen molar-refractivity contribution in [1.82, 2.24) is 10.2 Å². The standard InChI is InChI=1S/C19H31BN4O7/c1-11(20(29)30)7-12-3-4-14(15(16(12)25)17(26)27)31-13-8-24(9-13)10-19(2,22)18(28)23-6-5-21/h3-4,11,13,25,29-30H,5-10,21-22H2,1-2H3,(H,23,28)(H,26,27). The van der Waals surface area contributed by atoms with Crippen LogP contribution in [0.3, 0.4) is 0 Å². The second-order valence-electron chi connectivity index (χ2n) is 8.24. The molecule has 9 N–H and O–H groups in total. The zero-order valence-corrected chi connectivity index (χ0v) is 17.7. The van der Waals surface area contributed by atoms with Gasteiger partial charge in [-0.2, -0.15) is 0 Å². The number of carboxylic acids is 1. The third-order valence-electron chi connectivity index (χ3n) is 5.21. The van der Waals surface area contributed by atoms with Crippen molar-refractivity contribution in [2.24, 2.45) is 11.5 Å². The van der Waals surface area contributed by atoms with Crippen molar-refractivity contribution in [1.29, 1.82) is 0 Å². The third-order valence-corrected chi connectivity index (χ3v) is 5.21. The summed E-state index contributed by atoms with van der Waals surface area (Å²) >= 11 is 0. The molecule has 2 rings (SSSR count). The van der Waals surface area contributed by atoms with E-state index >= 15 is 0 Å². The summed E-state index contributed by atoms with van der Waals surface area (Å²) in [5.41, 5.74) is 10.3. The Hall–Kier alpha value is -2.38. The molecule has 1 fully saturated rings. The zero-order chi connectivity index (χ0) is 23.3. The second kappa shape index (κ2) is 10.3. The Balaban J connectivity index is 2.01. The fraction of sp³-hybridized carbons (Fsp3) is 0.579. The third kappa shape index (κ3) is 6.31. The van der Waals surface area contributed by atoms with Gasteiger partial charge in [0.05, 0.1) is 0 Å². The molecule has 1 saturated heterocycles. The molecule has 1 heterocycles. The molecule has 0 radical (unpaired) electrons. The maximum Gasteiger partial charge on any atom is 0.454 e. The van der Waals surface area contributed by atoms with Gasteiger partial charge in [0, 0.05) is 32.7 Å². The van der Waals surface area contributed by atoms with Gasteiger partial charge in [0.1, 0.15) is 28.7 Å². The molecule has 1 aliphatic rings. The average molecular weight is 438 g/mol. The Morgan fingerprint density at radius 3 is 2.58 bits per heavy atom. The summed E-state index contributed by atoms with van der Waals surface area (Å²) in [6.45, 7) is 5.01. The zero-order valence-electron chi connectivity index (χ0n) is 17.7. The van der Waals surface area contributed by atoms with Crippen molar-refractivity contribution in [2.45, 2.75) is 37.7 Å². The summed E-state index contributed by atoms with van der Waals surface area (Å²) in [7, 11) is -1.59. The highest BCUT2D eigenvalue weighted by atomic mass is 16.5. The van der Waals surface area contributed by atoms with E-state index in [-0.39, 0.29) is 35.3 Å². The van der Waals surface area contributed by atoms with Gasteiger partial charge in [-0.05, 0) is 30.8 Å². The van der Waals surface area contributed by atoms with Crippen LogP contribution in [0, 0.1) is 0 Å². The van der Waals surface area contributed by atoms with Crippen LogP contribution in [0.25, 0.3) is 0 Å². The van der Waals surface area contributed by atoms with Gasteiger partial charge in [-0.1, -0.05) is 13.0 Å². The molecule has 1 aromatic rings. The van der Waals surface area contributed by atoms with Gasteiger partial charge in [0.25, 0.3) is 0 Å². The average Bonchev–Trinajstić information content (AvgIpc) is 2.65. The van der Waals surface area contributed by atoms with E-state index in [1.54, 1.807) is 13.8 Å². The Morgan fingerprint density at radius 2 is 2.03 bits per heavy atom. The van der Waals surface area contributed by atoms with Crippen LogP contribution in [0.2, 0.25) is 5.82 Å². The molecule has 0 saturated carbocycles. The topological polar surface area (TPSA) is 192 Å². The summed E-state index contributed by atoms with van der Waals surface area (Å²) in [4.78, 5) is 25.7. The minimum Gasteiger partial charge on any atom is -0.507 e. The van der Waals surface area contributed by atoms with E-state index in [2.05, 4.69) is 5.32 Å². The van der Waals surface area contributed by atoms with Crippen LogP contribution in [0.5, 0.6) is 11.5 Å². The number of phenols is 1. The van der Waals surface area contributed by atoms with Gasteiger partial charge in [0.15, 0.2) is 0 Å². The molecule has 0 bridgehead atoms. The molecule has 0 spiro atoms. The number of hydrogen-bond donors (Lipinski definition) is 7. The maximum absolute atomic E-state index is 12.1. The number of carboxylic acid groups (broad SMARTS) is 1. The van der Waals surface area contributed by atoms with Gasteiger partial charge in [-0.3, -0.25) is 9.69 Å². The number of hydrogen-bond acceptors (Lipinski definition) is 9. The van der Waals surface area contributed by atoms with Crippen molar-refractivity contribution in [3.05, 3.63) is 23.3 Å². The van der Waals surface area contributed by atoms with E-state index in [1.165, 1.54) is 12.1 Å². The van der Waals surface area contributed by atoms with Gasteiger partial charge in [0.2, 0.25) is 5.91 Å². The SMILES string of the molecule is CC(Cc1ccc(OC2CN(CC(C)(N)C(=O)NCCN)C2)c(C(=O)O)c1O)B(O)O. The molecule has 1 aliphatic heterocycles. The van der Waals surface area contributed by atoms with Gasteiger partial charge in [-0.25, -0.2) is 4.79 Å². The van der Waals surface area contributed by atoms with Crippen molar-refractivity contribution in [2.75, 3.05) is 32.7 Å². The Kier molecular flexibility index (Phi) is 8.26.